The molecule has 0 saturated heterocycles. The van der Waals surface area contributed by atoms with Crippen molar-refractivity contribution < 1.29 is 18.3 Å². The van der Waals surface area contributed by atoms with Gasteiger partial charge in [-0.05, 0) is 44.0 Å². The Morgan fingerprint density at radius 2 is 2.03 bits per heavy atom. The Bertz CT molecular complexity index is 1380. The molecule has 0 bridgehead atoms. The highest BCUT2D eigenvalue weighted by Gasteiger charge is 2.33. The van der Waals surface area contributed by atoms with Crippen molar-refractivity contribution in [2.45, 2.75) is 25.8 Å². The van der Waals surface area contributed by atoms with E-state index in [0.717, 1.165) is 16.9 Å². The molecule has 0 fully saturated rings. The largest absolute Gasteiger partial charge is 0.495 e. The van der Waals surface area contributed by atoms with Gasteiger partial charge >= 0.3 is 0 Å². The summed E-state index contributed by atoms with van der Waals surface area (Å²) in [4.78, 5) is 18.9. The highest BCUT2D eigenvalue weighted by molar-refractivity contribution is 5.97. The molecule has 0 unspecified atom stereocenters. The van der Waals surface area contributed by atoms with E-state index in [1.54, 1.807) is 25.7 Å². The topological polar surface area (TPSA) is 78.1 Å². The highest BCUT2D eigenvalue weighted by Crippen LogP contribution is 2.34. The van der Waals surface area contributed by atoms with Crippen molar-refractivity contribution in [3.63, 3.8) is 0 Å². The second-order valence-corrected chi connectivity index (χ2v) is 8.36. The van der Waals surface area contributed by atoms with Crippen LogP contribution in [0, 0.1) is 12.7 Å². The van der Waals surface area contributed by atoms with Gasteiger partial charge in [-0.15, -0.1) is 5.10 Å². The monoisotopic (exact) mass is 478 g/mol. The molecule has 2 aromatic heterocycles. The number of fused-ring (bicyclic) bond motifs is 1. The molecule has 0 radical (unpaired) electrons. The number of alkyl halides is 1. The summed E-state index contributed by atoms with van der Waals surface area (Å²) < 4.78 is 36.7. The summed E-state index contributed by atoms with van der Waals surface area (Å²) in [6.07, 6.45) is 5.93. The third-order valence-corrected chi connectivity index (χ3v) is 6.21. The number of hydrogen-bond acceptors (Lipinski definition) is 5. The van der Waals surface area contributed by atoms with E-state index in [4.69, 9.17) is 4.74 Å². The van der Waals surface area contributed by atoms with Crippen LogP contribution >= 0.6 is 0 Å². The summed E-state index contributed by atoms with van der Waals surface area (Å²) >= 11 is 0. The maximum Gasteiger partial charge on any atom is 0.252 e. The number of aryl methyl sites for hydroxylation is 1. The molecule has 1 aliphatic rings. The molecule has 2 aromatic carbocycles. The van der Waals surface area contributed by atoms with E-state index in [2.05, 4.69) is 15.3 Å². The summed E-state index contributed by atoms with van der Waals surface area (Å²) in [7, 11) is 1.59. The summed E-state index contributed by atoms with van der Waals surface area (Å²) in [6.45, 7) is 1.02. The maximum absolute atomic E-state index is 14.5. The highest BCUT2D eigenvalue weighted by atomic mass is 19.1. The van der Waals surface area contributed by atoms with Gasteiger partial charge in [-0.3, -0.25) is 4.79 Å². The van der Waals surface area contributed by atoms with Crippen LogP contribution in [0.25, 0.3) is 16.9 Å². The lowest BCUT2D eigenvalue weighted by Gasteiger charge is -2.24. The van der Waals surface area contributed by atoms with Crippen LogP contribution < -0.4 is 9.64 Å². The molecule has 4 aromatic rings. The van der Waals surface area contributed by atoms with Gasteiger partial charge in [0, 0.05) is 23.0 Å². The lowest BCUT2D eigenvalue weighted by atomic mass is 10.1. The molecule has 0 N–H and O–H groups in total. The third-order valence-electron chi connectivity index (χ3n) is 6.21. The Morgan fingerprint density at radius 1 is 1.17 bits per heavy atom. The van der Waals surface area contributed by atoms with E-state index >= 15 is 0 Å². The lowest BCUT2D eigenvalue weighted by molar-refractivity contribution is -0.122. The Hall–Kier alpha value is -4.08. The van der Waals surface area contributed by atoms with Crippen molar-refractivity contribution in [2.24, 2.45) is 0 Å². The van der Waals surface area contributed by atoms with Gasteiger partial charge in [0.2, 0.25) is 0 Å². The molecule has 1 amide bonds. The van der Waals surface area contributed by atoms with Gasteiger partial charge in [0.05, 0.1) is 37.6 Å². The maximum atomic E-state index is 14.5. The molecule has 5 rings (SSSR count). The quantitative estimate of drug-likeness (QED) is 0.417. The number of rotatable bonds is 6. The number of methoxy groups -OCH3 is 1. The first-order chi connectivity index (χ1) is 17.0. The number of aromatic nitrogens is 5. The SMILES string of the molecule is COc1cc(-c2cn([C@@H]3CCc4c(F)cccc4N(CCF)C3=O)nn2)ccc1-n1cnc(C)c1. The van der Waals surface area contributed by atoms with E-state index in [1.165, 1.54) is 21.7 Å². The van der Waals surface area contributed by atoms with Crippen LogP contribution in [0.3, 0.4) is 0 Å². The molecule has 180 valence electrons. The molecular weight excluding hydrogens is 454 g/mol. The molecule has 8 nitrogen and oxygen atoms in total. The van der Waals surface area contributed by atoms with Crippen LogP contribution in [0.5, 0.6) is 5.75 Å². The average Bonchev–Trinajstić information content (AvgIpc) is 3.49. The fourth-order valence-electron chi connectivity index (χ4n) is 4.48. The number of halogens is 2. The lowest BCUT2D eigenvalue weighted by Crippen LogP contribution is -2.38. The Labute approximate surface area is 200 Å². The number of benzene rings is 2. The average molecular weight is 479 g/mol. The number of carbonyl (C=O) groups is 1. The predicted octanol–water partition coefficient (Wildman–Crippen LogP) is 4.08. The van der Waals surface area contributed by atoms with Crippen LogP contribution in [-0.2, 0) is 11.2 Å². The number of hydrogen-bond donors (Lipinski definition) is 0. The fraction of sp³-hybridized carbons (Fsp3) is 0.280. The Kier molecular flexibility index (Phi) is 6.02. The molecule has 10 heteroatoms. The number of carbonyl (C=O) groups excluding carboxylic acids is 1. The minimum atomic E-state index is -0.737. The number of nitrogens with zero attached hydrogens (tertiary/aromatic N) is 6. The number of ether oxygens (including phenoxy) is 1. The zero-order chi connectivity index (χ0) is 24.5. The summed E-state index contributed by atoms with van der Waals surface area (Å²) in [5, 5.41) is 8.47. The molecule has 1 aliphatic heterocycles. The minimum absolute atomic E-state index is 0.153. The van der Waals surface area contributed by atoms with Crippen LogP contribution in [0.15, 0.2) is 55.1 Å². The zero-order valence-corrected chi connectivity index (χ0v) is 19.4. The number of imidazole rings is 1. The Balaban J connectivity index is 1.46. The van der Waals surface area contributed by atoms with Crippen LogP contribution in [0.1, 0.15) is 23.7 Å². The summed E-state index contributed by atoms with van der Waals surface area (Å²) in [5.74, 6) is -0.119. The first-order valence-corrected chi connectivity index (χ1v) is 11.3. The standard InChI is InChI=1S/C25H24F2N6O2/c1-16-13-31(15-28-16)22-8-6-17(12-24(22)35-2)20-14-33(30-29-20)23-9-7-18-19(27)4-3-5-21(18)32(11-10-26)25(23)34/h3-6,8,12-15,23H,7,9-11H2,1-2H3/t23-/m1/s1. The van der Waals surface area contributed by atoms with E-state index < -0.39 is 18.5 Å². The first-order valence-electron chi connectivity index (χ1n) is 11.3. The second-order valence-electron chi connectivity index (χ2n) is 8.36. The van der Waals surface area contributed by atoms with Crippen molar-refractivity contribution >= 4 is 11.6 Å². The van der Waals surface area contributed by atoms with E-state index in [9.17, 15) is 13.6 Å². The fourth-order valence-corrected chi connectivity index (χ4v) is 4.48. The van der Waals surface area contributed by atoms with Gasteiger partial charge in [-0.25, -0.2) is 18.4 Å². The van der Waals surface area contributed by atoms with Gasteiger partial charge in [-0.2, -0.15) is 0 Å². The molecule has 0 saturated carbocycles. The van der Waals surface area contributed by atoms with Crippen molar-refractivity contribution in [2.75, 3.05) is 25.2 Å². The summed E-state index contributed by atoms with van der Waals surface area (Å²) in [6, 6.07) is 9.43. The second kappa shape index (κ2) is 9.28. The van der Waals surface area contributed by atoms with Gasteiger partial charge in [0.25, 0.3) is 5.91 Å². The van der Waals surface area contributed by atoms with Gasteiger partial charge in [0.1, 0.15) is 30.0 Å². The number of anilines is 1. The van der Waals surface area contributed by atoms with Crippen LogP contribution in [0.4, 0.5) is 14.5 Å². The molecular formula is C25H24F2N6O2. The predicted molar refractivity (Wildman–Crippen MR) is 126 cm³/mol. The van der Waals surface area contributed by atoms with Crippen LogP contribution in [-0.4, -0.2) is 50.8 Å². The van der Waals surface area contributed by atoms with Gasteiger partial charge in [-0.1, -0.05) is 17.3 Å². The van der Waals surface area contributed by atoms with Crippen LogP contribution in [0.2, 0.25) is 0 Å². The van der Waals surface area contributed by atoms with E-state index in [1.807, 2.05) is 35.9 Å². The minimum Gasteiger partial charge on any atom is -0.495 e. The summed E-state index contributed by atoms with van der Waals surface area (Å²) in [5.41, 5.74) is 3.83. The third kappa shape index (κ3) is 4.16. The molecule has 0 aliphatic carbocycles. The molecule has 0 spiro atoms. The molecule has 3 heterocycles. The van der Waals surface area contributed by atoms with Gasteiger partial charge in [0.15, 0.2) is 0 Å². The molecule has 35 heavy (non-hydrogen) atoms. The van der Waals surface area contributed by atoms with E-state index in [0.29, 0.717) is 35.5 Å². The zero-order valence-electron chi connectivity index (χ0n) is 19.4. The van der Waals surface area contributed by atoms with Crippen molar-refractivity contribution in [3.8, 4) is 22.7 Å². The molecule has 1 atom stereocenters. The first kappa shape index (κ1) is 22.7. The van der Waals surface area contributed by atoms with Crippen molar-refractivity contribution in [3.05, 3.63) is 72.2 Å². The smallest absolute Gasteiger partial charge is 0.252 e. The van der Waals surface area contributed by atoms with Crippen molar-refractivity contribution in [1.82, 2.24) is 24.5 Å². The van der Waals surface area contributed by atoms with E-state index in [-0.39, 0.29) is 12.5 Å². The van der Waals surface area contributed by atoms with Crippen molar-refractivity contribution in [1.29, 1.82) is 0 Å². The Morgan fingerprint density at radius 3 is 2.77 bits per heavy atom. The number of amides is 1. The normalized spacial score (nSPS) is 15.7. The van der Waals surface area contributed by atoms with Gasteiger partial charge < -0.3 is 14.2 Å².